The molecule has 0 saturated carbocycles. The summed E-state index contributed by atoms with van der Waals surface area (Å²) in [6.07, 6.45) is 4.96. The summed E-state index contributed by atoms with van der Waals surface area (Å²) in [5.41, 5.74) is 3.55. The lowest BCUT2D eigenvalue weighted by Gasteiger charge is -2.31. The predicted molar refractivity (Wildman–Crippen MR) is 138 cm³/mol. The molecule has 5 heteroatoms. The summed E-state index contributed by atoms with van der Waals surface area (Å²) in [6, 6.07) is 23.8. The number of anilines is 1. The van der Waals surface area contributed by atoms with E-state index in [4.69, 9.17) is 4.74 Å². The Balaban J connectivity index is 1.21. The Morgan fingerprint density at radius 3 is 2.71 bits per heavy atom. The van der Waals surface area contributed by atoms with E-state index in [0.29, 0.717) is 12.6 Å². The molecule has 0 radical (unpaired) electrons. The van der Waals surface area contributed by atoms with Gasteiger partial charge in [-0.2, -0.15) is 0 Å². The molecule has 2 aliphatic rings. The van der Waals surface area contributed by atoms with E-state index in [0.717, 1.165) is 44.5 Å². The summed E-state index contributed by atoms with van der Waals surface area (Å²) in [5, 5.41) is 9.76. The SMILES string of the molecule is C[C@@H](N[C@@H]1CCCN1c1ccc(CC(=O)O[C@@H]2CCCNC2)cc1)c1cccc2ccccc12. The number of carbonyl (C=O) groups is 1. The van der Waals surface area contributed by atoms with Gasteiger partial charge in [0.2, 0.25) is 0 Å². The molecule has 2 saturated heterocycles. The summed E-state index contributed by atoms with van der Waals surface area (Å²) in [5.74, 6) is -0.133. The van der Waals surface area contributed by atoms with Gasteiger partial charge in [-0.15, -0.1) is 0 Å². The minimum absolute atomic E-state index is 0.0145. The zero-order chi connectivity index (χ0) is 23.3. The molecule has 34 heavy (non-hydrogen) atoms. The number of esters is 1. The highest BCUT2D eigenvalue weighted by atomic mass is 16.5. The van der Waals surface area contributed by atoms with E-state index >= 15 is 0 Å². The molecule has 2 N–H and O–H groups in total. The number of piperidine rings is 1. The van der Waals surface area contributed by atoms with E-state index in [1.54, 1.807) is 0 Å². The van der Waals surface area contributed by atoms with Gasteiger partial charge in [-0.25, -0.2) is 0 Å². The molecule has 2 aliphatic heterocycles. The van der Waals surface area contributed by atoms with E-state index in [1.165, 1.54) is 28.4 Å². The van der Waals surface area contributed by atoms with Crippen LogP contribution in [0.2, 0.25) is 0 Å². The lowest BCUT2D eigenvalue weighted by Crippen LogP contribution is -2.42. The molecule has 178 valence electrons. The minimum Gasteiger partial charge on any atom is -0.461 e. The summed E-state index contributed by atoms with van der Waals surface area (Å²) in [4.78, 5) is 14.8. The lowest BCUT2D eigenvalue weighted by molar-refractivity contribution is -0.148. The third kappa shape index (κ3) is 5.26. The Labute approximate surface area is 202 Å². The van der Waals surface area contributed by atoms with Crippen LogP contribution in [0.1, 0.15) is 49.8 Å². The van der Waals surface area contributed by atoms with Gasteiger partial charge in [-0.3, -0.25) is 10.1 Å². The highest BCUT2D eigenvalue weighted by Crippen LogP contribution is 2.29. The molecular formula is C29H35N3O2. The molecule has 2 fully saturated rings. The van der Waals surface area contributed by atoms with Crippen LogP contribution in [0.25, 0.3) is 10.8 Å². The Hall–Kier alpha value is -2.89. The number of hydrogen-bond donors (Lipinski definition) is 2. The monoisotopic (exact) mass is 457 g/mol. The standard InChI is InChI=1S/C29H35N3O2/c1-21(26-11-4-8-23-7-2-3-10-27(23)26)31-28-12-6-18-32(28)24-15-13-22(14-16-24)19-29(33)34-25-9-5-17-30-20-25/h2-4,7-8,10-11,13-16,21,25,28,30-31H,5-6,9,12,17-20H2,1H3/t21-,25-,28+/m1/s1. The van der Waals surface area contributed by atoms with Gasteiger partial charge in [-0.1, -0.05) is 54.6 Å². The number of benzene rings is 3. The lowest BCUT2D eigenvalue weighted by atomic mass is 9.99. The van der Waals surface area contributed by atoms with Crippen molar-refractivity contribution in [2.75, 3.05) is 24.5 Å². The fraction of sp³-hybridized carbons (Fsp3) is 0.414. The third-order valence-corrected chi connectivity index (χ3v) is 7.15. The van der Waals surface area contributed by atoms with Gasteiger partial charge in [-0.05, 0) is 73.2 Å². The van der Waals surface area contributed by atoms with Crippen LogP contribution in [0, 0.1) is 0 Å². The van der Waals surface area contributed by atoms with Crippen LogP contribution in [0.5, 0.6) is 0 Å². The van der Waals surface area contributed by atoms with Crippen LogP contribution in [-0.2, 0) is 16.0 Å². The van der Waals surface area contributed by atoms with Crippen molar-refractivity contribution in [2.24, 2.45) is 0 Å². The third-order valence-electron chi connectivity index (χ3n) is 7.15. The topological polar surface area (TPSA) is 53.6 Å². The van der Waals surface area contributed by atoms with Crippen LogP contribution < -0.4 is 15.5 Å². The molecule has 3 aromatic rings. The van der Waals surface area contributed by atoms with Crippen molar-refractivity contribution in [3.63, 3.8) is 0 Å². The maximum Gasteiger partial charge on any atom is 0.310 e. The first-order valence-corrected chi connectivity index (χ1v) is 12.7. The van der Waals surface area contributed by atoms with Crippen LogP contribution >= 0.6 is 0 Å². The van der Waals surface area contributed by atoms with Gasteiger partial charge in [0.05, 0.1) is 12.6 Å². The first-order valence-electron chi connectivity index (χ1n) is 12.7. The van der Waals surface area contributed by atoms with Crippen molar-refractivity contribution < 1.29 is 9.53 Å². The average Bonchev–Trinajstić information content (AvgIpc) is 3.32. The summed E-state index contributed by atoms with van der Waals surface area (Å²) in [7, 11) is 0. The predicted octanol–water partition coefficient (Wildman–Crippen LogP) is 4.95. The van der Waals surface area contributed by atoms with Crippen molar-refractivity contribution in [3.8, 4) is 0 Å². The van der Waals surface area contributed by atoms with Crippen LogP contribution in [-0.4, -0.2) is 37.9 Å². The Morgan fingerprint density at radius 2 is 1.88 bits per heavy atom. The minimum atomic E-state index is -0.133. The number of nitrogens with one attached hydrogen (secondary N) is 2. The molecule has 5 nitrogen and oxygen atoms in total. The molecular weight excluding hydrogens is 422 g/mol. The zero-order valence-corrected chi connectivity index (χ0v) is 20.0. The van der Waals surface area contributed by atoms with E-state index < -0.39 is 0 Å². The highest BCUT2D eigenvalue weighted by Gasteiger charge is 2.26. The van der Waals surface area contributed by atoms with Crippen molar-refractivity contribution in [2.45, 2.75) is 57.3 Å². The molecule has 5 rings (SSSR count). The van der Waals surface area contributed by atoms with Gasteiger partial charge in [0.1, 0.15) is 6.10 Å². The molecule has 0 aliphatic carbocycles. The molecule has 2 heterocycles. The first kappa shape index (κ1) is 22.9. The van der Waals surface area contributed by atoms with E-state index in [1.807, 2.05) is 0 Å². The maximum atomic E-state index is 12.4. The highest BCUT2D eigenvalue weighted by molar-refractivity contribution is 5.86. The molecule has 0 aromatic heterocycles. The van der Waals surface area contributed by atoms with Gasteiger partial charge < -0.3 is 15.0 Å². The average molecular weight is 458 g/mol. The van der Waals surface area contributed by atoms with Gasteiger partial charge >= 0.3 is 5.97 Å². The fourth-order valence-corrected chi connectivity index (χ4v) is 5.38. The number of rotatable bonds is 7. The van der Waals surface area contributed by atoms with Gasteiger partial charge in [0, 0.05) is 24.8 Å². The van der Waals surface area contributed by atoms with Crippen LogP contribution in [0.15, 0.2) is 66.7 Å². The van der Waals surface area contributed by atoms with Gasteiger partial charge in [0.25, 0.3) is 0 Å². The largest absolute Gasteiger partial charge is 0.461 e. The molecule has 0 amide bonds. The molecule has 3 aromatic carbocycles. The second kappa shape index (κ2) is 10.6. The van der Waals surface area contributed by atoms with Crippen molar-refractivity contribution in [3.05, 3.63) is 77.9 Å². The summed E-state index contributed by atoms with van der Waals surface area (Å²) < 4.78 is 5.64. The second-order valence-electron chi connectivity index (χ2n) is 9.61. The maximum absolute atomic E-state index is 12.4. The van der Waals surface area contributed by atoms with Crippen LogP contribution in [0.4, 0.5) is 5.69 Å². The molecule has 0 bridgehead atoms. The smallest absolute Gasteiger partial charge is 0.310 e. The zero-order valence-electron chi connectivity index (χ0n) is 20.0. The number of nitrogens with zero attached hydrogens (tertiary/aromatic N) is 1. The second-order valence-corrected chi connectivity index (χ2v) is 9.61. The molecule has 3 atom stereocenters. The summed E-state index contributed by atoms with van der Waals surface area (Å²) >= 11 is 0. The fourth-order valence-electron chi connectivity index (χ4n) is 5.38. The molecule has 0 unspecified atom stereocenters. The normalized spacial score (nSPS) is 21.5. The molecule has 0 spiro atoms. The van der Waals surface area contributed by atoms with Crippen molar-refractivity contribution in [1.29, 1.82) is 0 Å². The first-order chi connectivity index (χ1) is 16.7. The van der Waals surface area contributed by atoms with Crippen molar-refractivity contribution in [1.82, 2.24) is 10.6 Å². The van der Waals surface area contributed by atoms with Crippen molar-refractivity contribution >= 4 is 22.4 Å². The Bertz CT molecular complexity index is 1100. The summed E-state index contributed by atoms with van der Waals surface area (Å²) in [6.45, 7) is 5.08. The Kier molecular flexibility index (Phi) is 7.12. The van der Waals surface area contributed by atoms with E-state index in [2.05, 4.69) is 89.2 Å². The van der Waals surface area contributed by atoms with E-state index in [9.17, 15) is 4.79 Å². The van der Waals surface area contributed by atoms with Crippen LogP contribution in [0.3, 0.4) is 0 Å². The number of hydrogen-bond acceptors (Lipinski definition) is 5. The van der Waals surface area contributed by atoms with E-state index in [-0.39, 0.29) is 18.1 Å². The number of carbonyl (C=O) groups excluding carboxylic acids is 1. The van der Waals surface area contributed by atoms with Gasteiger partial charge in [0.15, 0.2) is 0 Å². The number of ether oxygens (including phenoxy) is 1. The number of fused-ring (bicyclic) bond motifs is 1. The quantitative estimate of drug-likeness (QED) is 0.492. The Morgan fingerprint density at radius 1 is 1.06 bits per heavy atom.